The monoisotopic (exact) mass is 362 g/mol. The molecule has 2 aromatic carbocycles. The molecule has 1 unspecified atom stereocenters. The summed E-state index contributed by atoms with van der Waals surface area (Å²) in [6, 6.07) is 11.4. The molecule has 0 amide bonds. The van der Waals surface area contributed by atoms with Crippen molar-refractivity contribution in [1.82, 2.24) is 5.32 Å². The summed E-state index contributed by atoms with van der Waals surface area (Å²) in [7, 11) is 0. The second-order valence-corrected chi connectivity index (χ2v) is 7.59. The van der Waals surface area contributed by atoms with Gasteiger partial charge in [-0.05, 0) is 29.5 Å². The second kappa shape index (κ2) is 9.10. The summed E-state index contributed by atoms with van der Waals surface area (Å²) in [5.41, 5.74) is 8.68. The molecule has 0 aliphatic heterocycles. The molecule has 1 atom stereocenters. The van der Waals surface area contributed by atoms with Gasteiger partial charge in [-0.1, -0.05) is 45.0 Å². The third-order valence-electron chi connectivity index (χ3n) is 4.11. The third kappa shape index (κ3) is 6.73. The third-order valence-corrected chi connectivity index (χ3v) is 4.11. The predicted molar refractivity (Wildman–Crippen MR) is 101 cm³/mol. The lowest BCUT2D eigenvalue weighted by atomic mass is 9.86. The van der Waals surface area contributed by atoms with Crippen LogP contribution in [0.3, 0.4) is 0 Å². The van der Waals surface area contributed by atoms with Crippen LogP contribution >= 0.6 is 0 Å². The van der Waals surface area contributed by atoms with Crippen molar-refractivity contribution in [2.24, 2.45) is 5.73 Å². The average molecular weight is 362 g/mol. The smallest absolute Gasteiger partial charge is 0.129 e. The summed E-state index contributed by atoms with van der Waals surface area (Å²) >= 11 is 0. The van der Waals surface area contributed by atoms with Gasteiger partial charge in [0.25, 0.3) is 0 Å². The molecule has 2 aromatic rings. The Labute approximate surface area is 154 Å². The minimum atomic E-state index is -0.660. The standard InChI is InChI=1S/C21H28F2N2O/c1-21(2,3)16-6-4-5-15(9-16)13-25-8-7-19(24)14-26-20-11-17(22)10-18(23)12-20/h4-6,9-12,19,25H,7-8,13-14,24H2,1-3H3. The summed E-state index contributed by atoms with van der Waals surface area (Å²) in [6.07, 6.45) is 0.705. The molecule has 0 fully saturated rings. The fraction of sp³-hybridized carbons (Fsp3) is 0.429. The Balaban J connectivity index is 1.71. The Hall–Kier alpha value is -1.98. The van der Waals surface area contributed by atoms with Gasteiger partial charge < -0.3 is 15.8 Å². The van der Waals surface area contributed by atoms with Gasteiger partial charge in [0, 0.05) is 30.8 Å². The van der Waals surface area contributed by atoms with E-state index in [0.717, 1.165) is 31.3 Å². The summed E-state index contributed by atoms with van der Waals surface area (Å²) in [5.74, 6) is -1.16. The van der Waals surface area contributed by atoms with Crippen molar-refractivity contribution in [2.75, 3.05) is 13.2 Å². The van der Waals surface area contributed by atoms with Crippen molar-refractivity contribution in [3.05, 3.63) is 65.2 Å². The number of nitrogens with one attached hydrogen (secondary N) is 1. The molecule has 0 bridgehead atoms. The molecule has 0 heterocycles. The van der Waals surface area contributed by atoms with Crippen LogP contribution in [-0.2, 0) is 12.0 Å². The fourth-order valence-electron chi connectivity index (χ4n) is 2.57. The van der Waals surface area contributed by atoms with E-state index in [1.54, 1.807) is 0 Å². The average Bonchev–Trinajstić information content (AvgIpc) is 2.55. The Morgan fingerprint density at radius 2 is 1.77 bits per heavy atom. The largest absolute Gasteiger partial charge is 0.492 e. The molecular formula is C21H28F2N2O. The van der Waals surface area contributed by atoms with Crippen molar-refractivity contribution in [2.45, 2.75) is 45.2 Å². The zero-order valence-electron chi connectivity index (χ0n) is 15.7. The minimum absolute atomic E-state index is 0.131. The minimum Gasteiger partial charge on any atom is -0.492 e. The maximum absolute atomic E-state index is 13.1. The molecule has 0 radical (unpaired) electrons. The first-order valence-corrected chi connectivity index (χ1v) is 8.88. The topological polar surface area (TPSA) is 47.3 Å². The van der Waals surface area contributed by atoms with Crippen LogP contribution in [0.4, 0.5) is 8.78 Å². The van der Waals surface area contributed by atoms with E-state index in [0.29, 0.717) is 6.42 Å². The van der Waals surface area contributed by atoms with E-state index in [4.69, 9.17) is 10.5 Å². The summed E-state index contributed by atoms with van der Waals surface area (Å²) in [6.45, 7) is 8.31. The van der Waals surface area contributed by atoms with E-state index in [9.17, 15) is 8.78 Å². The molecule has 142 valence electrons. The molecule has 0 spiro atoms. The zero-order valence-corrected chi connectivity index (χ0v) is 15.7. The van der Waals surface area contributed by atoms with E-state index in [2.05, 4.69) is 50.4 Å². The number of halogens is 2. The van der Waals surface area contributed by atoms with Gasteiger partial charge in [0.15, 0.2) is 0 Å². The normalized spacial score (nSPS) is 12.8. The number of benzene rings is 2. The van der Waals surface area contributed by atoms with E-state index >= 15 is 0 Å². The maximum atomic E-state index is 13.1. The summed E-state index contributed by atoms with van der Waals surface area (Å²) in [4.78, 5) is 0. The van der Waals surface area contributed by atoms with E-state index in [-0.39, 0.29) is 23.8 Å². The summed E-state index contributed by atoms with van der Waals surface area (Å²) < 4.78 is 31.6. The lowest BCUT2D eigenvalue weighted by Crippen LogP contribution is -2.31. The molecule has 0 aliphatic carbocycles. The molecule has 3 N–H and O–H groups in total. The fourth-order valence-corrected chi connectivity index (χ4v) is 2.57. The molecule has 3 nitrogen and oxygen atoms in total. The molecule has 0 saturated heterocycles. The first-order chi connectivity index (χ1) is 12.2. The molecule has 0 aromatic heterocycles. The SMILES string of the molecule is CC(C)(C)c1cccc(CNCCC(N)COc2cc(F)cc(F)c2)c1. The van der Waals surface area contributed by atoms with Gasteiger partial charge >= 0.3 is 0 Å². The van der Waals surface area contributed by atoms with Gasteiger partial charge in [-0.3, -0.25) is 0 Å². The van der Waals surface area contributed by atoms with Crippen LogP contribution in [0.5, 0.6) is 5.75 Å². The van der Waals surface area contributed by atoms with Crippen LogP contribution in [0, 0.1) is 11.6 Å². The number of rotatable bonds is 8. The van der Waals surface area contributed by atoms with Crippen LogP contribution in [0.2, 0.25) is 0 Å². The van der Waals surface area contributed by atoms with Crippen LogP contribution in [-0.4, -0.2) is 19.2 Å². The van der Waals surface area contributed by atoms with E-state index in [1.165, 1.54) is 11.1 Å². The molecule has 2 rings (SSSR count). The van der Waals surface area contributed by atoms with E-state index < -0.39 is 11.6 Å². The zero-order chi connectivity index (χ0) is 19.2. The highest BCUT2D eigenvalue weighted by Crippen LogP contribution is 2.22. The van der Waals surface area contributed by atoms with Crippen molar-refractivity contribution < 1.29 is 13.5 Å². The lowest BCUT2D eigenvalue weighted by Gasteiger charge is -2.20. The Bertz CT molecular complexity index is 693. The number of ether oxygens (including phenoxy) is 1. The quantitative estimate of drug-likeness (QED) is 0.694. The van der Waals surface area contributed by atoms with Gasteiger partial charge in [0.05, 0.1) is 0 Å². The van der Waals surface area contributed by atoms with Crippen LogP contribution < -0.4 is 15.8 Å². The van der Waals surface area contributed by atoms with Crippen molar-refractivity contribution in [3.63, 3.8) is 0 Å². The number of hydrogen-bond donors (Lipinski definition) is 2. The van der Waals surface area contributed by atoms with E-state index in [1.807, 2.05) is 0 Å². The first-order valence-electron chi connectivity index (χ1n) is 8.88. The molecular weight excluding hydrogens is 334 g/mol. The number of nitrogens with two attached hydrogens (primary N) is 1. The molecule has 5 heteroatoms. The first kappa shape index (κ1) is 20.3. The van der Waals surface area contributed by atoms with Crippen molar-refractivity contribution >= 4 is 0 Å². The number of hydrogen-bond acceptors (Lipinski definition) is 3. The highest BCUT2D eigenvalue weighted by atomic mass is 19.1. The Morgan fingerprint density at radius 3 is 2.42 bits per heavy atom. The van der Waals surface area contributed by atoms with Crippen molar-refractivity contribution in [1.29, 1.82) is 0 Å². The van der Waals surface area contributed by atoms with Gasteiger partial charge in [-0.2, -0.15) is 0 Å². The maximum Gasteiger partial charge on any atom is 0.129 e. The highest BCUT2D eigenvalue weighted by molar-refractivity contribution is 5.28. The van der Waals surface area contributed by atoms with Crippen molar-refractivity contribution in [3.8, 4) is 5.75 Å². The van der Waals surface area contributed by atoms with Gasteiger partial charge in [-0.15, -0.1) is 0 Å². The Morgan fingerprint density at radius 1 is 1.08 bits per heavy atom. The van der Waals surface area contributed by atoms with Crippen LogP contribution in [0.1, 0.15) is 38.3 Å². The van der Waals surface area contributed by atoms with Gasteiger partial charge in [0.2, 0.25) is 0 Å². The highest BCUT2D eigenvalue weighted by Gasteiger charge is 2.13. The second-order valence-electron chi connectivity index (χ2n) is 7.59. The Kier molecular flexibility index (Phi) is 7.12. The summed E-state index contributed by atoms with van der Waals surface area (Å²) in [5, 5.41) is 3.37. The predicted octanol–water partition coefficient (Wildman–Crippen LogP) is 4.15. The molecule has 0 saturated carbocycles. The van der Waals surface area contributed by atoms with Crippen LogP contribution in [0.25, 0.3) is 0 Å². The lowest BCUT2D eigenvalue weighted by molar-refractivity contribution is 0.278. The van der Waals surface area contributed by atoms with Crippen LogP contribution in [0.15, 0.2) is 42.5 Å². The van der Waals surface area contributed by atoms with Gasteiger partial charge in [-0.25, -0.2) is 8.78 Å². The molecule has 0 aliphatic rings. The van der Waals surface area contributed by atoms with Gasteiger partial charge in [0.1, 0.15) is 24.0 Å². The molecule has 26 heavy (non-hydrogen) atoms.